The summed E-state index contributed by atoms with van der Waals surface area (Å²) in [6.45, 7) is 1.11. The Morgan fingerprint density at radius 2 is 2.06 bits per heavy atom. The largest absolute Gasteiger partial charge is 0.365 e. The van der Waals surface area contributed by atoms with E-state index in [-0.39, 0.29) is 0 Å². The minimum absolute atomic E-state index is 1.11. The number of benzene rings is 1. The highest BCUT2D eigenvalue weighted by Gasteiger charge is 2.09. The molecular weight excluding hydrogens is 296 g/mol. The van der Waals surface area contributed by atoms with E-state index in [2.05, 4.69) is 50.5 Å². The number of aromatic nitrogens is 1. The van der Waals surface area contributed by atoms with Gasteiger partial charge in [-0.25, -0.2) is 0 Å². The van der Waals surface area contributed by atoms with Crippen molar-refractivity contribution in [2.75, 3.05) is 23.8 Å². The Balaban J connectivity index is 2.01. The Morgan fingerprint density at radius 3 is 2.88 bits per heavy atom. The van der Waals surface area contributed by atoms with Gasteiger partial charge in [0.25, 0.3) is 0 Å². The van der Waals surface area contributed by atoms with E-state index in [9.17, 15) is 0 Å². The SMILES string of the molecule is CN(CCCCCBr)c1snc2ccccc12. The maximum atomic E-state index is 4.48. The molecule has 0 saturated carbocycles. The van der Waals surface area contributed by atoms with Gasteiger partial charge < -0.3 is 4.90 Å². The molecule has 92 valence electrons. The predicted molar refractivity (Wildman–Crippen MR) is 80.5 cm³/mol. The number of hydrogen-bond donors (Lipinski definition) is 0. The van der Waals surface area contributed by atoms with Gasteiger partial charge in [-0.05, 0) is 36.5 Å². The van der Waals surface area contributed by atoms with Crippen molar-refractivity contribution in [1.29, 1.82) is 0 Å². The number of rotatable bonds is 6. The molecule has 2 nitrogen and oxygen atoms in total. The van der Waals surface area contributed by atoms with Crippen molar-refractivity contribution in [2.45, 2.75) is 19.3 Å². The van der Waals surface area contributed by atoms with Crippen LogP contribution in [0.2, 0.25) is 0 Å². The Labute approximate surface area is 115 Å². The van der Waals surface area contributed by atoms with Crippen LogP contribution in [0, 0.1) is 0 Å². The van der Waals surface area contributed by atoms with E-state index in [4.69, 9.17) is 0 Å². The molecule has 0 bridgehead atoms. The maximum absolute atomic E-state index is 4.48. The zero-order chi connectivity index (χ0) is 12.1. The molecule has 4 heteroatoms. The van der Waals surface area contributed by atoms with E-state index in [0.717, 1.165) is 17.4 Å². The standard InChI is InChI=1S/C13H17BrN2S/c1-16(10-6-2-5-9-14)13-11-7-3-4-8-12(11)15-17-13/h3-4,7-8H,2,5-6,9-10H2,1H3. The van der Waals surface area contributed by atoms with Gasteiger partial charge >= 0.3 is 0 Å². The summed E-state index contributed by atoms with van der Waals surface area (Å²) in [5, 5.41) is 3.68. The second-order valence-electron chi connectivity index (χ2n) is 4.18. The summed E-state index contributed by atoms with van der Waals surface area (Å²) in [7, 11) is 2.16. The molecule has 0 atom stereocenters. The molecule has 2 rings (SSSR count). The van der Waals surface area contributed by atoms with Crippen LogP contribution in [-0.4, -0.2) is 23.3 Å². The summed E-state index contributed by atoms with van der Waals surface area (Å²) in [6.07, 6.45) is 3.79. The van der Waals surface area contributed by atoms with Crippen LogP contribution in [0.15, 0.2) is 24.3 Å². The van der Waals surface area contributed by atoms with Crippen molar-refractivity contribution in [3.05, 3.63) is 24.3 Å². The van der Waals surface area contributed by atoms with Crippen LogP contribution in [0.3, 0.4) is 0 Å². The van der Waals surface area contributed by atoms with Crippen molar-refractivity contribution >= 4 is 43.4 Å². The van der Waals surface area contributed by atoms with Crippen LogP contribution in [0.25, 0.3) is 10.9 Å². The summed E-state index contributed by atoms with van der Waals surface area (Å²) < 4.78 is 4.48. The molecule has 1 heterocycles. The second-order valence-corrected chi connectivity index (χ2v) is 5.72. The molecule has 0 aliphatic heterocycles. The fourth-order valence-corrected chi connectivity index (χ4v) is 3.11. The normalized spacial score (nSPS) is 10.9. The molecule has 0 aliphatic rings. The van der Waals surface area contributed by atoms with Gasteiger partial charge in [0, 0.05) is 24.3 Å². The highest BCUT2D eigenvalue weighted by molar-refractivity contribution is 9.09. The van der Waals surface area contributed by atoms with Gasteiger partial charge in [-0.2, -0.15) is 4.37 Å². The molecule has 0 amide bonds. The van der Waals surface area contributed by atoms with Gasteiger partial charge in [0.1, 0.15) is 5.00 Å². The first kappa shape index (κ1) is 12.8. The maximum Gasteiger partial charge on any atom is 0.119 e. The number of hydrogen-bond acceptors (Lipinski definition) is 3. The lowest BCUT2D eigenvalue weighted by atomic mass is 10.2. The van der Waals surface area contributed by atoms with Gasteiger partial charge in [-0.3, -0.25) is 0 Å². The predicted octanol–water partition coefficient (Wildman–Crippen LogP) is 4.30. The first-order valence-corrected chi connectivity index (χ1v) is 7.84. The van der Waals surface area contributed by atoms with Crippen molar-refractivity contribution in [3.63, 3.8) is 0 Å². The molecule has 1 aromatic carbocycles. The molecule has 17 heavy (non-hydrogen) atoms. The van der Waals surface area contributed by atoms with Gasteiger partial charge in [0.15, 0.2) is 0 Å². The Hall–Kier alpha value is -0.610. The van der Waals surface area contributed by atoms with E-state index in [0.29, 0.717) is 0 Å². The highest BCUT2D eigenvalue weighted by Crippen LogP contribution is 2.30. The summed E-state index contributed by atoms with van der Waals surface area (Å²) in [4.78, 5) is 2.33. The third kappa shape index (κ3) is 3.19. The fourth-order valence-electron chi connectivity index (χ4n) is 1.87. The van der Waals surface area contributed by atoms with Gasteiger partial charge in [0.2, 0.25) is 0 Å². The molecule has 0 aliphatic carbocycles. The lowest BCUT2D eigenvalue weighted by Gasteiger charge is -2.16. The average Bonchev–Trinajstić information content (AvgIpc) is 2.78. The quantitative estimate of drug-likeness (QED) is 0.584. The lowest BCUT2D eigenvalue weighted by Crippen LogP contribution is -2.17. The number of alkyl halides is 1. The van der Waals surface area contributed by atoms with Crippen LogP contribution >= 0.6 is 27.5 Å². The summed E-state index contributed by atoms with van der Waals surface area (Å²) in [5.41, 5.74) is 1.11. The lowest BCUT2D eigenvalue weighted by molar-refractivity contribution is 0.714. The summed E-state index contributed by atoms with van der Waals surface area (Å²) in [5.74, 6) is 0. The first-order valence-electron chi connectivity index (χ1n) is 5.94. The van der Waals surface area contributed by atoms with Crippen molar-refractivity contribution in [2.24, 2.45) is 0 Å². The average molecular weight is 313 g/mol. The Morgan fingerprint density at radius 1 is 1.24 bits per heavy atom. The third-order valence-electron chi connectivity index (χ3n) is 2.84. The van der Waals surface area contributed by atoms with E-state index in [1.165, 1.54) is 29.6 Å². The summed E-state index contributed by atoms with van der Waals surface area (Å²) in [6, 6.07) is 8.36. The van der Waals surface area contributed by atoms with E-state index >= 15 is 0 Å². The highest BCUT2D eigenvalue weighted by atomic mass is 79.9. The molecule has 0 saturated heterocycles. The van der Waals surface area contributed by atoms with Gasteiger partial charge in [-0.15, -0.1) is 0 Å². The van der Waals surface area contributed by atoms with Crippen LogP contribution in [0.1, 0.15) is 19.3 Å². The number of halogens is 1. The number of anilines is 1. The number of nitrogens with zero attached hydrogens (tertiary/aromatic N) is 2. The van der Waals surface area contributed by atoms with Crippen molar-refractivity contribution in [3.8, 4) is 0 Å². The fraction of sp³-hybridized carbons (Fsp3) is 0.462. The van der Waals surface area contributed by atoms with Crippen molar-refractivity contribution < 1.29 is 0 Å². The number of unbranched alkanes of at least 4 members (excludes halogenated alkanes) is 2. The number of fused-ring (bicyclic) bond motifs is 1. The summed E-state index contributed by atoms with van der Waals surface area (Å²) >= 11 is 5.07. The zero-order valence-corrected chi connectivity index (χ0v) is 12.4. The zero-order valence-electron chi connectivity index (χ0n) is 10.0. The molecule has 0 fully saturated rings. The van der Waals surface area contributed by atoms with E-state index in [1.54, 1.807) is 11.5 Å². The second kappa shape index (κ2) is 6.36. The van der Waals surface area contributed by atoms with Gasteiger partial charge in [-0.1, -0.05) is 34.5 Å². The van der Waals surface area contributed by atoms with Crippen LogP contribution < -0.4 is 4.90 Å². The molecule has 1 aromatic heterocycles. The van der Waals surface area contributed by atoms with Gasteiger partial charge in [0.05, 0.1) is 5.52 Å². The minimum Gasteiger partial charge on any atom is -0.365 e. The van der Waals surface area contributed by atoms with Crippen molar-refractivity contribution in [1.82, 2.24) is 4.37 Å². The molecule has 0 spiro atoms. The van der Waals surface area contributed by atoms with Crippen LogP contribution in [-0.2, 0) is 0 Å². The minimum atomic E-state index is 1.11. The molecular formula is C13H17BrN2S. The topological polar surface area (TPSA) is 16.1 Å². The monoisotopic (exact) mass is 312 g/mol. The van der Waals surface area contributed by atoms with E-state index in [1.807, 2.05) is 6.07 Å². The van der Waals surface area contributed by atoms with Crippen LogP contribution in [0.4, 0.5) is 5.00 Å². The van der Waals surface area contributed by atoms with Crippen LogP contribution in [0.5, 0.6) is 0 Å². The Kier molecular flexibility index (Phi) is 4.80. The molecule has 0 radical (unpaired) electrons. The molecule has 2 aromatic rings. The first-order chi connectivity index (χ1) is 8.33. The smallest absolute Gasteiger partial charge is 0.119 e. The molecule has 0 unspecified atom stereocenters. The molecule has 0 N–H and O–H groups in total. The van der Waals surface area contributed by atoms with E-state index < -0.39 is 0 Å². The Bertz CT molecular complexity index is 469. The third-order valence-corrected chi connectivity index (χ3v) is 4.39.